The third kappa shape index (κ3) is 1.98. The number of fused-ring (bicyclic) bond motifs is 1. The summed E-state index contributed by atoms with van der Waals surface area (Å²) < 4.78 is 13.7. The van der Waals surface area contributed by atoms with E-state index in [1.807, 2.05) is 19.1 Å². The molecule has 0 saturated heterocycles. The lowest BCUT2D eigenvalue weighted by Crippen LogP contribution is -2.01. The topological polar surface area (TPSA) is 24.9 Å². The Kier molecular flexibility index (Phi) is 3.04. The number of aryl methyl sites for hydroxylation is 1. The molecular weight excluding hydrogens is 203 g/mol. The Morgan fingerprint density at radius 3 is 2.94 bits per heavy atom. The summed E-state index contributed by atoms with van der Waals surface area (Å²) in [5.74, 6) is -0.254. The SMILES string of the molecule is CCCNc1ccnc2c(F)cc(C)cc12. The van der Waals surface area contributed by atoms with E-state index in [-0.39, 0.29) is 5.82 Å². The van der Waals surface area contributed by atoms with Gasteiger partial charge in [-0.1, -0.05) is 6.92 Å². The van der Waals surface area contributed by atoms with Gasteiger partial charge in [-0.25, -0.2) is 4.39 Å². The lowest BCUT2D eigenvalue weighted by molar-refractivity contribution is 0.635. The Morgan fingerprint density at radius 2 is 2.19 bits per heavy atom. The van der Waals surface area contributed by atoms with Crippen molar-refractivity contribution in [3.63, 3.8) is 0 Å². The zero-order valence-corrected chi connectivity index (χ0v) is 9.55. The van der Waals surface area contributed by atoms with Crippen molar-refractivity contribution in [2.75, 3.05) is 11.9 Å². The molecule has 0 unspecified atom stereocenters. The van der Waals surface area contributed by atoms with Gasteiger partial charge in [0.25, 0.3) is 0 Å². The molecule has 0 spiro atoms. The largest absolute Gasteiger partial charge is 0.384 e. The van der Waals surface area contributed by atoms with Crippen molar-refractivity contribution in [2.45, 2.75) is 20.3 Å². The second-order valence-electron chi connectivity index (χ2n) is 3.93. The molecule has 0 radical (unpaired) electrons. The van der Waals surface area contributed by atoms with E-state index in [4.69, 9.17) is 0 Å². The zero-order chi connectivity index (χ0) is 11.5. The minimum Gasteiger partial charge on any atom is -0.384 e. The fourth-order valence-electron chi connectivity index (χ4n) is 1.76. The van der Waals surface area contributed by atoms with Crippen LogP contribution < -0.4 is 5.32 Å². The second-order valence-corrected chi connectivity index (χ2v) is 3.93. The molecule has 1 aromatic carbocycles. The van der Waals surface area contributed by atoms with Crippen molar-refractivity contribution >= 4 is 16.6 Å². The summed E-state index contributed by atoms with van der Waals surface area (Å²) in [5.41, 5.74) is 2.30. The quantitative estimate of drug-likeness (QED) is 0.852. The molecular formula is C13H15FN2. The minimum atomic E-state index is -0.254. The number of hydrogen-bond acceptors (Lipinski definition) is 2. The van der Waals surface area contributed by atoms with Crippen LogP contribution in [-0.2, 0) is 0 Å². The molecule has 1 aromatic heterocycles. The van der Waals surface area contributed by atoms with E-state index in [0.717, 1.165) is 29.6 Å². The molecule has 0 aliphatic carbocycles. The Balaban J connectivity index is 2.57. The van der Waals surface area contributed by atoms with Gasteiger partial charge in [0.2, 0.25) is 0 Å². The average molecular weight is 218 g/mol. The van der Waals surface area contributed by atoms with Crippen LogP contribution in [-0.4, -0.2) is 11.5 Å². The highest BCUT2D eigenvalue weighted by molar-refractivity contribution is 5.91. The Bertz CT molecular complexity index is 509. The third-order valence-corrected chi connectivity index (χ3v) is 2.51. The van der Waals surface area contributed by atoms with Gasteiger partial charge in [0.15, 0.2) is 0 Å². The number of hydrogen-bond donors (Lipinski definition) is 1. The van der Waals surface area contributed by atoms with E-state index in [2.05, 4.69) is 17.2 Å². The number of halogens is 1. The predicted octanol–water partition coefficient (Wildman–Crippen LogP) is 3.50. The Labute approximate surface area is 94.5 Å². The predicted molar refractivity (Wildman–Crippen MR) is 65.2 cm³/mol. The summed E-state index contributed by atoms with van der Waals surface area (Å²) in [6.07, 6.45) is 2.68. The van der Waals surface area contributed by atoms with Crippen LogP contribution in [0.1, 0.15) is 18.9 Å². The summed E-state index contributed by atoms with van der Waals surface area (Å²) in [6, 6.07) is 5.36. The van der Waals surface area contributed by atoms with Gasteiger partial charge in [-0.05, 0) is 37.1 Å². The first-order valence-electron chi connectivity index (χ1n) is 5.51. The number of nitrogens with zero attached hydrogens (tertiary/aromatic N) is 1. The van der Waals surface area contributed by atoms with E-state index in [1.165, 1.54) is 6.07 Å². The van der Waals surface area contributed by atoms with Crippen LogP contribution in [0, 0.1) is 12.7 Å². The van der Waals surface area contributed by atoms with Crippen molar-refractivity contribution in [1.82, 2.24) is 4.98 Å². The van der Waals surface area contributed by atoms with Gasteiger partial charge in [0.1, 0.15) is 11.3 Å². The van der Waals surface area contributed by atoms with Gasteiger partial charge < -0.3 is 5.32 Å². The van der Waals surface area contributed by atoms with Crippen molar-refractivity contribution < 1.29 is 4.39 Å². The maximum atomic E-state index is 13.7. The monoisotopic (exact) mass is 218 g/mol. The number of pyridine rings is 1. The highest BCUT2D eigenvalue weighted by Crippen LogP contribution is 2.24. The van der Waals surface area contributed by atoms with Gasteiger partial charge in [-0.2, -0.15) is 0 Å². The maximum absolute atomic E-state index is 13.7. The normalized spacial score (nSPS) is 10.7. The van der Waals surface area contributed by atoms with Crippen molar-refractivity contribution in [2.24, 2.45) is 0 Å². The second kappa shape index (κ2) is 4.47. The molecule has 0 atom stereocenters. The van der Waals surface area contributed by atoms with E-state index in [0.29, 0.717) is 5.52 Å². The number of benzene rings is 1. The van der Waals surface area contributed by atoms with Crippen molar-refractivity contribution in [1.29, 1.82) is 0 Å². The standard InChI is InChI=1S/C13H15FN2/c1-3-5-15-12-4-6-16-13-10(12)7-9(2)8-11(13)14/h4,6-8H,3,5H2,1-2H3,(H,15,16). The van der Waals surface area contributed by atoms with Gasteiger partial charge in [-0.3, -0.25) is 4.98 Å². The van der Waals surface area contributed by atoms with Crippen LogP contribution in [0.15, 0.2) is 24.4 Å². The summed E-state index contributed by atoms with van der Waals surface area (Å²) in [6.45, 7) is 4.87. The molecule has 2 aromatic rings. The molecule has 16 heavy (non-hydrogen) atoms. The minimum absolute atomic E-state index is 0.254. The Hall–Kier alpha value is -1.64. The molecule has 0 fully saturated rings. The molecule has 1 N–H and O–H groups in total. The molecule has 0 saturated carbocycles. The van der Waals surface area contributed by atoms with E-state index < -0.39 is 0 Å². The molecule has 2 rings (SSSR count). The number of anilines is 1. The molecule has 0 amide bonds. The van der Waals surface area contributed by atoms with Crippen LogP contribution in [0.25, 0.3) is 10.9 Å². The van der Waals surface area contributed by atoms with Crippen molar-refractivity contribution in [3.05, 3.63) is 35.8 Å². The summed E-state index contributed by atoms with van der Waals surface area (Å²) in [7, 11) is 0. The van der Waals surface area contributed by atoms with Crippen LogP contribution in [0.5, 0.6) is 0 Å². The number of aromatic nitrogens is 1. The molecule has 0 aliphatic heterocycles. The number of rotatable bonds is 3. The molecule has 2 nitrogen and oxygen atoms in total. The van der Waals surface area contributed by atoms with E-state index >= 15 is 0 Å². The maximum Gasteiger partial charge on any atom is 0.149 e. The fourth-order valence-corrected chi connectivity index (χ4v) is 1.76. The van der Waals surface area contributed by atoms with E-state index in [1.54, 1.807) is 6.20 Å². The van der Waals surface area contributed by atoms with Crippen LogP contribution in [0.2, 0.25) is 0 Å². The lowest BCUT2D eigenvalue weighted by Gasteiger charge is -2.09. The first-order chi connectivity index (χ1) is 7.72. The van der Waals surface area contributed by atoms with Gasteiger partial charge >= 0.3 is 0 Å². The Morgan fingerprint density at radius 1 is 1.38 bits per heavy atom. The first kappa shape index (κ1) is 10.9. The fraction of sp³-hybridized carbons (Fsp3) is 0.308. The molecule has 1 heterocycles. The van der Waals surface area contributed by atoms with E-state index in [9.17, 15) is 4.39 Å². The van der Waals surface area contributed by atoms with Crippen LogP contribution in [0.4, 0.5) is 10.1 Å². The summed E-state index contributed by atoms with van der Waals surface area (Å²) >= 11 is 0. The van der Waals surface area contributed by atoms with Crippen LogP contribution >= 0.6 is 0 Å². The smallest absolute Gasteiger partial charge is 0.149 e. The molecule has 3 heteroatoms. The van der Waals surface area contributed by atoms with Crippen molar-refractivity contribution in [3.8, 4) is 0 Å². The molecule has 84 valence electrons. The lowest BCUT2D eigenvalue weighted by atomic mass is 10.1. The molecule has 0 bridgehead atoms. The van der Waals surface area contributed by atoms with Crippen LogP contribution in [0.3, 0.4) is 0 Å². The molecule has 0 aliphatic rings. The highest BCUT2D eigenvalue weighted by Gasteiger charge is 2.06. The third-order valence-electron chi connectivity index (χ3n) is 2.51. The first-order valence-corrected chi connectivity index (χ1v) is 5.51. The number of nitrogens with one attached hydrogen (secondary N) is 1. The summed E-state index contributed by atoms with van der Waals surface area (Å²) in [4.78, 5) is 4.08. The average Bonchev–Trinajstić information content (AvgIpc) is 2.26. The zero-order valence-electron chi connectivity index (χ0n) is 9.55. The highest BCUT2D eigenvalue weighted by atomic mass is 19.1. The van der Waals surface area contributed by atoms with Gasteiger partial charge in [-0.15, -0.1) is 0 Å². The van der Waals surface area contributed by atoms with Gasteiger partial charge in [0, 0.05) is 23.8 Å². The van der Waals surface area contributed by atoms with Gasteiger partial charge in [0.05, 0.1) is 0 Å². The summed E-state index contributed by atoms with van der Waals surface area (Å²) in [5, 5.41) is 4.14.